The van der Waals surface area contributed by atoms with Gasteiger partial charge in [0.15, 0.2) is 0 Å². The van der Waals surface area contributed by atoms with Crippen molar-refractivity contribution < 1.29 is 53.0 Å². The maximum absolute atomic E-state index is 10.5. The van der Waals surface area contributed by atoms with Crippen LogP contribution in [0.3, 0.4) is 0 Å². The van der Waals surface area contributed by atoms with Crippen molar-refractivity contribution in [2.24, 2.45) is 0 Å². The summed E-state index contributed by atoms with van der Waals surface area (Å²) in [5, 5.41) is 0. The van der Waals surface area contributed by atoms with Gasteiger partial charge >= 0.3 is 25.4 Å². The third-order valence-corrected chi connectivity index (χ3v) is 1.08. The molecule has 0 aliphatic heterocycles. The number of halogens is 1. The molecule has 0 N–H and O–H groups in total. The van der Waals surface area contributed by atoms with E-state index in [2.05, 4.69) is 11.7 Å². The van der Waals surface area contributed by atoms with E-state index in [1.807, 2.05) is 0 Å². The second-order valence-corrected chi connectivity index (χ2v) is 1.92. The molecule has 0 saturated carbocycles. The number of allylic oxidation sites excluding steroid dienone is 1. The van der Waals surface area contributed by atoms with E-state index in [0.717, 1.165) is 19.3 Å². The molecule has 0 aromatic rings. The molecular weight excluding hydrogens is 320 g/mol. The van der Waals surface area contributed by atoms with Gasteiger partial charge < -0.3 is 35.6 Å². The van der Waals surface area contributed by atoms with E-state index in [-0.39, 0.29) is 49.4 Å². The Morgan fingerprint density at radius 1 is 1.58 bits per heavy atom. The molecule has 0 atom stereocenters. The van der Waals surface area contributed by atoms with Crippen molar-refractivity contribution in [1.82, 2.24) is 0 Å². The maximum Gasteiger partial charge on any atom is 2.00 e. The van der Waals surface area contributed by atoms with Gasteiger partial charge in [-0.15, -0.1) is 0 Å². The summed E-state index contributed by atoms with van der Waals surface area (Å²) in [4.78, 5) is 10.5. The predicted octanol–water partition coefficient (Wildman–Crippen LogP) is -1.28. The Balaban J connectivity index is -0.000000405. The molecule has 0 amide bonds. The SMILES string of the molecule is [CH2-]CCCC=CC(=O)OC.[I-].[Zn+2]. The summed E-state index contributed by atoms with van der Waals surface area (Å²) in [7, 11) is 1.37. The van der Waals surface area contributed by atoms with Crippen LogP contribution in [0.5, 0.6) is 0 Å². The van der Waals surface area contributed by atoms with Crippen molar-refractivity contribution in [3.05, 3.63) is 19.1 Å². The van der Waals surface area contributed by atoms with Crippen molar-refractivity contribution in [3.63, 3.8) is 0 Å². The minimum absolute atomic E-state index is 0. The summed E-state index contributed by atoms with van der Waals surface area (Å²) in [6.07, 6.45) is 6.07. The first kappa shape index (κ1) is 18.4. The Labute approximate surface area is 104 Å². The van der Waals surface area contributed by atoms with Crippen LogP contribution in [-0.4, -0.2) is 13.1 Å². The Hall–Kier alpha value is 0.563. The van der Waals surface area contributed by atoms with Crippen LogP contribution in [0.25, 0.3) is 0 Å². The van der Waals surface area contributed by atoms with Crippen molar-refractivity contribution in [2.75, 3.05) is 7.11 Å². The number of esters is 1. The quantitative estimate of drug-likeness (QED) is 0.160. The molecule has 0 fully saturated rings. The molecule has 4 heteroatoms. The fraction of sp³-hybridized carbons (Fsp3) is 0.500. The average Bonchev–Trinajstić information content (AvgIpc) is 1.98. The first-order valence-electron chi connectivity index (χ1n) is 3.35. The number of methoxy groups -OCH3 is 1. The summed E-state index contributed by atoms with van der Waals surface area (Å²) >= 11 is 0. The van der Waals surface area contributed by atoms with Gasteiger partial charge in [0.05, 0.1) is 7.11 Å². The molecule has 12 heavy (non-hydrogen) atoms. The topological polar surface area (TPSA) is 26.3 Å². The van der Waals surface area contributed by atoms with Crippen LogP contribution in [0.4, 0.5) is 0 Å². The van der Waals surface area contributed by atoms with Crippen LogP contribution < -0.4 is 24.0 Å². The van der Waals surface area contributed by atoms with Gasteiger partial charge in [-0.2, -0.15) is 6.42 Å². The van der Waals surface area contributed by atoms with Crippen LogP contribution >= 0.6 is 0 Å². The smallest absolute Gasteiger partial charge is 1.00 e. The van der Waals surface area contributed by atoms with Gasteiger partial charge in [-0.3, -0.25) is 0 Å². The van der Waals surface area contributed by atoms with Crippen molar-refractivity contribution >= 4 is 5.97 Å². The van der Waals surface area contributed by atoms with Crippen molar-refractivity contribution in [2.45, 2.75) is 19.3 Å². The molecule has 0 spiro atoms. The third kappa shape index (κ3) is 13.2. The van der Waals surface area contributed by atoms with Crippen LogP contribution in [0.15, 0.2) is 12.2 Å². The van der Waals surface area contributed by atoms with Gasteiger partial charge in [-0.05, 0) is 6.42 Å². The summed E-state index contributed by atoms with van der Waals surface area (Å²) in [6.45, 7) is 3.67. The fourth-order valence-electron chi connectivity index (χ4n) is 0.510. The van der Waals surface area contributed by atoms with E-state index in [1.165, 1.54) is 13.2 Å². The molecule has 0 aliphatic rings. The van der Waals surface area contributed by atoms with E-state index in [0.29, 0.717) is 0 Å². The first-order valence-corrected chi connectivity index (χ1v) is 3.35. The van der Waals surface area contributed by atoms with Crippen molar-refractivity contribution in [1.29, 1.82) is 0 Å². The molecule has 66 valence electrons. The summed E-state index contributed by atoms with van der Waals surface area (Å²) in [5.41, 5.74) is 0. The Bertz CT molecular complexity index is 126. The van der Waals surface area contributed by atoms with Gasteiger partial charge in [0, 0.05) is 6.08 Å². The average molecular weight is 333 g/mol. The van der Waals surface area contributed by atoms with Crippen LogP contribution in [-0.2, 0) is 29.0 Å². The third-order valence-electron chi connectivity index (χ3n) is 1.08. The van der Waals surface area contributed by atoms with E-state index >= 15 is 0 Å². The number of ether oxygens (including phenoxy) is 1. The predicted molar refractivity (Wildman–Crippen MR) is 40.4 cm³/mol. The van der Waals surface area contributed by atoms with Gasteiger partial charge in [-0.25, -0.2) is 4.79 Å². The molecule has 2 nitrogen and oxygen atoms in total. The summed E-state index contributed by atoms with van der Waals surface area (Å²) in [6, 6.07) is 0. The molecule has 0 rings (SSSR count). The summed E-state index contributed by atoms with van der Waals surface area (Å²) < 4.78 is 4.39. The van der Waals surface area contributed by atoms with Gasteiger partial charge in [0.25, 0.3) is 0 Å². The van der Waals surface area contributed by atoms with Crippen molar-refractivity contribution in [3.8, 4) is 0 Å². The van der Waals surface area contributed by atoms with Gasteiger partial charge in [0.1, 0.15) is 0 Å². The van der Waals surface area contributed by atoms with Gasteiger partial charge in [0.2, 0.25) is 0 Å². The zero-order chi connectivity index (χ0) is 7.82. The molecular formula is C8H13IO2Zn. The molecule has 0 aliphatic carbocycles. The fourth-order valence-corrected chi connectivity index (χ4v) is 0.510. The second-order valence-electron chi connectivity index (χ2n) is 1.92. The number of carbonyl (C=O) groups is 1. The molecule has 0 radical (unpaired) electrons. The van der Waals surface area contributed by atoms with Crippen LogP contribution in [0.1, 0.15) is 19.3 Å². The molecule has 0 heterocycles. The zero-order valence-electron chi connectivity index (χ0n) is 7.38. The minimum Gasteiger partial charge on any atom is -1.00 e. The van der Waals surface area contributed by atoms with Crippen LogP contribution in [0.2, 0.25) is 0 Å². The molecule has 0 unspecified atom stereocenters. The second kappa shape index (κ2) is 14.1. The number of rotatable bonds is 4. The zero-order valence-corrected chi connectivity index (χ0v) is 12.5. The number of unbranched alkanes of at least 4 members (excludes halogenated alkanes) is 2. The van der Waals surface area contributed by atoms with E-state index in [1.54, 1.807) is 6.08 Å². The number of carbonyl (C=O) groups excluding carboxylic acids is 1. The minimum atomic E-state index is -0.288. The van der Waals surface area contributed by atoms with Gasteiger partial charge in [-0.1, -0.05) is 12.5 Å². The standard InChI is InChI=1S/C8H13O2.HI.Zn/c1-3-4-5-6-7-8(9)10-2;;/h6-7H,1,3-5H2,2H3;1H;/q-1;;+2/p-1. The van der Waals surface area contributed by atoms with E-state index in [4.69, 9.17) is 0 Å². The monoisotopic (exact) mass is 332 g/mol. The molecule has 0 aromatic carbocycles. The molecule has 0 saturated heterocycles. The largest absolute Gasteiger partial charge is 2.00 e. The van der Waals surface area contributed by atoms with Crippen LogP contribution in [0, 0.1) is 6.92 Å². The number of hydrogen-bond acceptors (Lipinski definition) is 2. The Morgan fingerprint density at radius 3 is 2.58 bits per heavy atom. The Kier molecular flexibility index (Phi) is 21.6. The first-order chi connectivity index (χ1) is 4.81. The summed E-state index contributed by atoms with van der Waals surface area (Å²) in [5.74, 6) is -0.288. The number of hydrogen-bond donors (Lipinski definition) is 0. The van der Waals surface area contributed by atoms with E-state index in [9.17, 15) is 4.79 Å². The normalized spacial score (nSPS) is 8.50. The Morgan fingerprint density at radius 2 is 2.17 bits per heavy atom. The maximum atomic E-state index is 10.5. The van der Waals surface area contributed by atoms with E-state index < -0.39 is 0 Å². The molecule has 0 bridgehead atoms. The molecule has 0 aromatic heterocycles.